The number of nitrogens with zero attached hydrogens (tertiary/aromatic N) is 11. The number of nitrogens with one attached hydrogen (secondary N) is 2. The van der Waals surface area contributed by atoms with Crippen molar-refractivity contribution < 1.29 is 18.4 Å². The van der Waals surface area contributed by atoms with E-state index in [2.05, 4.69) is 36.8 Å². The molecule has 2 N–H and O–H groups in total. The summed E-state index contributed by atoms with van der Waals surface area (Å²) in [5, 5.41) is 13.2. The van der Waals surface area contributed by atoms with E-state index in [9.17, 15) is 14.0 Å². The van der Waals surface area contributed by atoms with E-state index in [1.165, 1.54) is 12.3 Å². The van der Waals surface area contributed by atoms with Gasteiger partial charge in [0.1, 0.15) is 34.4 Å². The van der Waals surface area contributed by atoms with Crippen molar-refractivity contribution in [3.8, 4) is 0 Å². The maximum absolute atomic E-state index is 15.0. The predicted molar refractivity (Wildman–Crippen MR) is 215 cm³/mol. The molecule has 2 saturated carbocycles. The topological polar surface area (TPSA) is 144 Å². The molecule has 4 aliphatic heterocycles. The summed E-state index contributed by atoms with van der Waals surface area (Å²) < 4.78 is 33.4. The molecule has 0 radical (unpaired) electrons. The minimum Gasteiger partial charge on any atom is -0.349 e. The van der Waals surface area contributed by atoms with Crippen molar-refractivity contribution in [1.29, 1.82) is 0 Å². The molecule has 2 amide bonds. The molecule has 2 aliphatic carbocycles. The second-order valence-corrected chi connectivity index (χ2v) is 17.1. The van der Waals surface area contributed by atoms with Crippen LogP contribution < -0.4 is 20.7 Å². The van der Waals surface area contributed by atoms with Gasteiger partial charge in [0.2, 0.25) is 0 Å². The molecular weight excluding hydrogens is 769 g/mol. The Kier molecular flexibility index (Phi) is 8.21. The van der Waals surface area contributed by atoms with Crippen LogP contribution in [0.5, 0.6) is 0 Å². The zero-order valence-electron chi connectivity index (χ0n) is 32.8. The first-order valence-corrected chi connectivity index (χ1v) is 21.2. The van der Waals surface area contributed by atoms with Gasteiger partial charge in [0, 0.05) is 68.6 Å². The van der Waals surface area contributed by atoms with Gasteiger partial charge in [-0.1, -0.05) is 6.07 Å². The van der Waals surface area contributed by atoms with Crippen LogP contribution in [-0.2, 0) is 12.8 Å². The Bertz CT molecular complexity index is 2730. The van der Waals surface area contributed by atoms with Gasteiger partial charge in [-0.05, 0) is 92.3 Å². The highest BCUT2D eigenvalue weighted by Crippen LogP contribution is 2.47. The smallest absolute Gasteiger partial charge is 0.271 e. The highest BCUT2D eigenvalue weighted by atomic mass is 19.1. The summed E-state index contributed by atoms with van der Waals surface area (Å²) >= 11 is 0. The number of fused-ring (bicyclic) bond motifs is 10. The lowest BCUT2D eigenvalue weighted by molar-refractivity contribution is 0.0766. The lowest BCUT2D eigenvalue weighted by atomic mass is 9.96. The lowest BCUT2D eigenvalue weighted by Crippen LogP contribution is -2.45. The quantitative estimate of drug-likeness (QED) is 0.253. The SMILES string of the molecule is O=C1NN(C2CC2c2cc3nc4c(cnn24)C(=O)NN(C2CC2)CCc2ncc(F)cc2[C@H]2CCCN32)CCc2ccc(F)cc2[C@H]2CCCN2c2ccn3ncc1c3n2. The molecule has 0 spiro atoms. The molecule has 9 heterocycles. The minimum absolute atomic E-state index is 0.0621. The molecule has 1 aromatic carbocycles. The maximum Gasteiger partial charge on any atom is 0.271 e. The summed E-state index contributed by atoms with van der Waals surface area (Å²) in [5.74, 6) is 0.0576. The van der Waals surface area contributed by atoms with Gasteiger partial charge in [0.25, 0.3) is 11.8 Å². The Morgan fingerprint density at radius 2 is 1.40 bits per heavy atom. The van der Waals surface area contributed by atoms with Gasteiger partial charge in [-0.2, -0.15) is 10.2 Å². The summed E-state index contributed by atoms with van der Waals surface area (Å²) in [6, 6.07) is 10.5. The lowest BCUT2D eigenvalue weighted by Gasteiger charge is -2.29. The van der Waals surface area contributed by atoms with E-state index < -0.39 is 0 Å². The van der Waals surface area contributed by atoms with Crippen molar-refractivity contribution in [3.05, 3.63) is 112 Å². The fourth-order valence-electron chi connectivity index (χ4n) is 10.2. The van der Waals surface area contributed by atoms with Crippen molar-refractivity contribution in [3.63, 3.8) is 0 Å². The molecule has 17 heteroatoms. The van der Waals surface area contributed by atoms with Gasteiger partial charge in [-0.3, -0.25) is 25.4 Å². The summed E-state index contributed by atoms with van der Waals surface area (Å²) in [7, 11) is 0. The predicted octanol–water partition coefficient (Wildman–Crippen LogP) is 4.85. The fourth-order valence-corrected chi connectivity index (χ4v) is 10.2. The summed E-state index contributed by atoms with van der Waals surface area (Å²) in [4.78, 5) is 47.5. The second kappa shape index (κ2) is 13.7. The number of anilines is 2. The van der Waals surface area contributed by atoms with Crippen LogP contribution in [0.4, 0.5) is 20.4 Å². The Hall–Kier alpha value is -6.07. The van der Waals surface area contributed by atoms with Gasteiger partial charge in [-0.25, -0.2) is 37.8 Å². The van der Waals surface area contributed by atoms with Crippen LogP contribution >= 0.6 is 0 Å². The number of amides is 2. The Morgan fingerprint density at radius 1 is 0.683 bits per heavy atom. The standard InChI is InChI=1S/C43H43F2N13O2/c44-25-6-5-24-9-14-56(52-42(59)31-22-47-57-16-11-38(49-40(31)57)53-12-1-3-34(53)28(24)17-25)36-19-30(36)37-20-39-50-41-32(23-48-58(37)41)43(60)51-55(27-7-8-27)15-10-33-29(18-26(45)21-46-33)35-4-2-13-54(35)39/h5-6,11,16-18,20-23,27,30,34-36H,1-4,7-10,12-15,19H2,(H,51,60)(H,52,59)/t30?,34-,35-,36?/m1/s1. The fraction of sp³-hybridized carbons (Fsp3) is 0.419. The molecule has 12 rings (SSSR count). The van der Waals surface area contributed by atoms with Crippen LogP contribution in [0.15, 0.2) is 61.2 Å². The third-order valence-electron chi connectivity index (χ3n) is 13.4. The molecule has 306 valence electrons. The Labute approximate surface area is 343 Å². The largest absolute Gasteiger partial charge is 0.349 e. The number of hydrogen-bond donors (Lipinski definition) is 2. The average Bonchev–Trinajstić information content (AvgIpc) is 3.96. The van der Waals surface area contributed by atoms with Crippen molar-refractivity contribution in [2.75, 3.05) is 36.0 Å². The van der Waals surface area contributed by atoms with E-state index in [0.717, 1.165) is 79.0 Å². The molecule has 4 bridgehead atoms. The molecular formula is C43H43F2N13O2. The van der Waals surface area contributed by atoms with Gasteiger partial charge in [0.05, 0.1) is 36.4 Å². The van der Waals surface area contributed by atoms with Crippen molar-refractivity contribution in [1.82, 2.24) is 55.0 Å². The number of hydrogen-bond acceptors (Lipinski definition) is 11. The van der Waals surface area contributed by atoms with E-state index in [0.29, 0.717) is 67.1 Å². The first kappa shape index (κ1) is 35.8. The first-order chi connectivity index (χ1) is 29.3. The van der Waals surface area contributed by atoms with Crippen molar-refractivity contribution >= 4 is 34.7 Å². The number of carbonyl (C=O) groups excluding carboxylic acids is 2. The van der Waals surface area contributed by atoms with Gasteiger partial charge in [0.15, 0.2) is 11.3 Å². The normalized spacial score (nSPS) is 24.7. The maximum atomic E-state index is 15.0. The molecule has 6 aliphatic rings. The average molecular weight is 812 g/mol. The number of rotatable bonds is 3. The Balaban J connectivity index is 0.945. The summed E-state index contributed by atoms with van der Waals surface area (Å²) in [6.07, 6.45) is 13.5. The number of halogens is 2. The number of carbonyl (C=O) groups is 2. The number of hydrazine groups is 2. The second-order valence-electron chi connectivity index (χ2n) is 17.1. The molecule has 6 aromatic rings. The number of pyridine rings is 1. The third kappa shape index (κ3) is 5.99. The van der Waals surface area contributed by atoms with E-state index in [4.69, 9.17) is 15.1 Å². The minimum atomic E-state index is -0.377. The highest BCUT2D eigenvalue weighted by Gasteiger charge is 2.47. The first-order valence-electron chi connectivity index (χ1n) is 21.2. The van der Waals surface area contributed by atoms with Gasteiger partial charge >= 0.3 is 0 Å². The Morgan fingerprint density at radius 3 is 2.23 bits per heavy atom. The van der Waals surface area contributed by atoms with Gasteiger partial charge in [-0.15, -0.1) is 0 Å². The van der Waals surface area contributed by atoms with E-state index in [1.54, 1.807) is 33.6 Å². The molecule has 15 nitrogen and oxygen atoms in total. The van der Waals surface area contributed by atoms with Gasteiger partial charge < -0.3 is 9.80 Å². The molecule has 4 atom stereocenters. The van der Waals surface area contributed by atoms with Crippen LogP contribution in [0.2, 0.25) is 0 Å². The van der Waals surface area contributed by atoms with Crippen LogP contribution in [0.25, 0.3) is 11.3 Å². The van der Waals surface area contributed by atoms with Crippen LogP contribution in [0, 0.1) is 11.6 Å². The monoisotopic (exact) mass is 811 g/mol. The van der Waals surface area contributed by atoms with E-state index in [1.807, 2.05) is 28.3 Å². The summed E-state index contributed by atoms with van der Waals surface area (Å²) in [5.41, 5.74) is 12.5. The van der Waals surface area contributed by atoms with Crippen molar-refractivity contribution in [2.24, 2.45) is 0 Å². The molecule has 2 saturated heterocycles. The van der Waals surface area contributed by atoms with E-state index >= 15 is 4.39 Å². The molecule has 5 aromatic heterocycles. The zero-order valence-corrected chi connectivity index (χ0v) is 32.8. The summed E-state index contributed by atoms with van der Waals surface area (Å²) in [6.45, 7) is 2.48. The number of benzene rings is 1. The van der Waals surface area contributed by atoms with Crippen LogP contribution in [-0.4, -0.2) is 94.3 Å². The number of aromatic nitrogens is 7. The van der Waals surface area contributed by atoms with Crippen LogP contribution in [0.3, 0.4) is 0 Å². The molecule has 4 fully saturated rings. The zero-order chi connectivity index (χ0) is 40.2. The molecule has 60 heavy (non-hydrogen) atoms. The van der Waals surface area contributed by atoms with Crippen molar-refractivity contribution in [2.45, 2.75) is 87.9 Å². The third-order valence-corrected chi connectivity index (χ3v) is 13.4. The molecule has 2 unspecified atom stereocenters. The van der Waals surface area contributed by atoms with E-state index in [-0.39, 0.29) is 53.5 Å². The highest BCUT2D eigenvalue weighted by molar-refractivity contribution is 6.00. The van der Waals surface area contributed by atoms with Crippen LogP contribution in [0.1, 0.15) is 112 Å².